The summed E-state index contributed by atoms with van der Waals surface area (Å²) < 4.78 is 14.1. The third-order valence-electron chi connectivity index (χ3n) is 4.45. The zero-order valence-corrected chi connectivity index (χ0v) is 16.4. The van der Waals surface area contributed by atoms with Gasteiger partial charge in [0.05, 0.1) is 4.88 Å². The van der Waals surface area contributed by atoms with Crippen LogP contribution in [0.2, 0.25) is 0 Å². The van der Waals surface area contributed by atoms with Crippen molar-refractivity contribution in [2.45, 2.75) is 32.7 Å². The molecule has 0 saturated heterocycles. The van der Waals surface area contributed by atoms with Crippen molar-refractivity contribution in [3.63, 3.8) is 0 Å². The maximum Gasteiger partial charge on any atom is 0.307 e. The van der Waals surface area contributed by atoms with E-state index in [1.54, 1.807) is 24.3 Å². The lowest BCUT2D eigenvalue weighted by molar-refractivity contribution is 0.0950. The van der Waals surface area contributed by atoms with Gasteiger partial charge in [-0.15, -0.1) is 0 Å². The van der Waals surface area contributed by atoms with E-state index in [0.717, 1.165) is 22.5 Å². The number of amides is 1. The first-order valence-electron chi connectivity index (χ1n) is 8.90. The van der Waals surface area contributed by atoms with Crippen LogP contribution < -0.4 is 10.2 Å². The maximum absolute atomic E-state index is 14.1. The lowest BCUT2D eigenvalue weighted by Crippen LogP contribution is -2.23. The second-order valence-corrected chi connectivity index (χ2v) is 7.92. The number of halogens is 1. The van der Waals surface area contributed by atoms with E-state index >= 15 is 0 Å². The number of hydrogen-bond acceptors (Lipinski definition) is 4. The summed E-state index contributed by atoms with van der Waals surface area (Å²) in [6.07, 6.45) is 0.299. The van der Waals surface area contributed by atoms with Crippen LogP contribution in [0.15, 0.2) is 47.3 Å². The second kappa shape index (κ2) is 8.39. The summed E-state index contributed by atoms with van der Waals surface area (Å²) in [7, 11) is 0. The molecule has 3 rings (SSSR count). The quantitative estimate of drug-likeness (QED) is 0.586. The van der Waals surface area contributed by atoms with Gasteiger partial charge in [-0.1, -0.05) is 49.4 Å². The Morgan fingerprint density at radius 1 is 1.21 bits per heavy atom. The summed E-state index contributed by atoms with van der Waals surface area (Å²) >= 11 is 0.913. The Labute approximate surface area is 165 Å². The molecule has 1 amide bonds. The molecule has 7 heteroatoms. The molecule has 0 aliphatic heterocycles. The largest absolute Gasteiger partial charge is 0.494 e. The van der Waals surface area contributed by atoms with Gasteiger partial charge < -0.3 is 10.4 Å². The highest BCUT2D eigenvalue weighted by molar-refractivity contribution is 7.09. The average molecular weight is 400 g/mol. The highest BCUT2D eigenvalue weighted by atomic mass is 32.1. The van der Waals surface area contributed by atoms with Crippen molar-refractivity contribution in [2.24, 2.45) is 0 Å². The van der Waals surface area contributed by atoms with E-state index in [4.69, 9.17) is 0 Å². The SMILES string of the molecule is CC(C)c1ccc(C(=O)NCc2cc(Cc3sc(=O)[nH]c3O)ccc2F)cc1. The summed E-state index contributed by atoms with van der Waals surface area (Å²) in [6, 6.07) is 11.9. The number of H-pyrrole nitrogens is 1. The van der Waals surface area contributed by atoms with Crippen LogP contribution in [-0.4, -0.2) is 16.0 Å². The molecule has 3 aromatic rings. The minimum absolute atomic E-state index is 0.0415. The predicted molar refractivity (Wildman–Crippen MR) is 108 cm³/mol. The molecule has 146 valence electrons. The van der Waals surface area contributed by atoms with Crippen molar-refractivity contribution in [1.82, 2.24) is 10.3 Å². The van der Waals surface area contributed by atoms with E-state index in [9.17, 15) is 19.1 Å². The number of carbonyl (C=O) groups is 1. The zero-order chi connectivity index (χ0) is 20.3. The topological polar surface area (TPSA) is 82.2 Å². The van der Waals surface area contributed by atoms with Crippen LogP contribution in [-0.2, 0) is 13.0 Å². The van der Waals surface area contributed by atoms with Crippen LogP contribution in [0.4, 0.5) is 4.39 Å². The molecule has 0 fully saturated rings. The van der Waals surface area contributed by atoms with Crippen LogP contribution in [0.3, 0.4) is 0 Å². The van der Waals surface area contributed by atoms with Gasteiger partial charge in [-0.2, -0.15) is 0 Å². The number of nitrogens with one attached hydrogen (secondary N) is 2. The first-order chi connectivity index (χ1) is 13.3. The lowest BCUT2D eigenvalue weighted by atomic mass is 10.0. The van der Waals surface area contributed by atoms with Crippen LogP contribution in [0.1, 0.15) is 51.7 Å². The van der Waals surface area contributed by atoms with Crippen LogP contribution in [0, 0.1) is 5.82 Å². The van der Waals surface area contributed by atoms with Gasteiger partial charge in [0.2, 0.25) is 5.88 Å². The van der Waals surface area contributed by atoms with Crippen LogP contribution in [0.5, 0.6) is 5.88 Å². The molecule has 0 bridgehead atoms. The molecule has 3 N–H and O–H groups in total. The van der Waals surface area contributed by atoms with E-state index in [2.05, 4.69) is 24.1 Å². The Kier molecular flexibility index (Phi) is 5.94. The van der Waals surface area contributed by atoms with E-state index in [0.29, 0.717) is 28.3 Å². The summed E-state index contributed by atoms with van der Waals surface area (Å²) in [5.41, 5.74) is 2.73. The normalized spacial score (nSPS) is 11.0. The molecule has 2 aromatic carbocycles. The molecular formula is C21H21FN2O3S. The number of aromatic hydroxyl groups is 1. The Bertz CT molecular complexity index is 1040. The summed E-state index contributed by atoms with van der Waals surface area (Å²) in [6.45, 7) is 4.20. The second-order valence-electron chi connectivity index (χ2n) is 6.85. The highest BCUT2D eigenvalue weighted by Gasteiger charge is 2.12. The van der Waals surface area contributed by atoms with Crippen molar-refractivity contribution in [3.05, 3.63) is 85.1 Å². The number of aromatic nitrogens is 1. The number of hydrogen-bond donors (Lipinski definition) is 3. The first-order valence-corrected chi connectivity index (χ1v) is 9.71. The number of aromatic amines is 1. The van der Waals surface area contributed by atoms with Gasteiger partial charge in [0.1, 0.15) is 5.82 Å². The average Bonchev–Trinajstić information content (AvgIpc) is 2.98. The molecule has 0 unspecified atom stereocenters. The summed E-state index contributed by atoms with van der Waals surface area (Å²) in [5, 5.41) is 12.4. The molecule has 0 spiro atoms. The number of rotatable bonds is 6. The molecule has 0 aliphatic rings. The Balaban J connectivity index is 1.69. The van der Waals surface area contributed by atoms with Gasteiger partial charge in [0.15, 0.2) is 0 Å². The van der Waals surface area contributed by atoms with Crippen molar-refractivity contribution in [2.75, 3.05) is 0 Å². The molecule has 5 nitrogen and oxygen atoms in total. The molecule has 28 heavy (non-hydrogen) atoms. The van der Waals surface area contributed by atoms with Crippen molar-refractivity contribution < 1.29 is 14.3 Å². The van der Waals surface area contributed by atoms with Crippen molar-refractivity contribution in [1.29, 1.82) is 0 Å². The third-order valence-corrected chi connectivity index (χ3v) is 5.33. The fourth-order valence-corrected chi connectivity index (χ4v) is 3.59. The van der Waals surface area contributed by atoms with E-state index in [1.165, 1.54) is 6.07 Å². The number of carbonyl (C=O) groups excluding carboxylic acids is 1. The molecule has 1 heterocycles. The number of benzene rings is 2. The minimum atomic E-state index is -0.425. The van der Waals surface area contributed by atoms with Crippen molar-refractivity contribution >= 4 is 17.2 Å². The third kappa shape index (κ3) is 4.67. The van der Waals surface area contributed by atoms with E-state index in [1.807, 2.05) is 12.1 Å². The Hall–Kier alpha value is -2.93. The summed E-state index contributed by atoms with van der Waals surface area (Å²) in [4.78, 5) is 26.1. The van der Waals surface area contributed by atoms with E-state index in [-0.39, 0.29) is 23.2 Å². The fraction of sp³-hybridized carbons (Fsp3) is 0.238. The Morgan fingerprint density at radius 3 is 2.54 bits per heavy atom. The van der Waals surface area contributed by atoms with Gasteiger partial charge in [-0.3, -0.25) is 14.6 Å². The molecular weight excluding hydrogens is 379 g/mol. The van der Waals surface area contributed by atoms with Gasteiger partial charge in [0, 0.05) is 24.1 Å². The van der Waals surface area contributed by atoms with Crippen LogP contribution >= 0.6 is 11.3 Å². The monoisotopic (exact) mass is 400 g/mol. The molecule has 0 atom stereocenters. The lowest BCUT2D eigenvalue weighted by Gasteiger charge is -2.10. The van der Waals surface area contributed by atoms with Gasteiger partial charge >= 0.3 is 4.87 Å². The van der Waals surface area contributed by atoms with Gasteiger partial charge in [-0.05, 0) is 35.2 Å². The fourth-order valence-electron chi connectivity index (χ4n) is 2.83. The minimum Gasteiger partial charge on any atom is -0.494 e. The zero-order valence-electron chi connectivity index (χ0n) is 15.6. The molecule has 1 aromatic heterocycles. The van der Waals surface area contributed by atoms with Gasteiger partial charge in [-0.25, -0.2) is 4.39 Å². The highest BCUT2D eigenvalue weighted by Crippen LogP contribution is 2.22. The smallest absolute Gasteiger partial charge is 0.307 e. The predicted octanol–water partition coefficient (Wildman–Crippen LogP) is 3.93. The first kappa shape index (κ1) is 19.8. The summed E-state index contributed by atoms with van der Waals surface area (Å²) in [5.74, 6) is -0.488. The molecule has 0 saturated carbocycles. The van der Waals surface area contributed by atoms with Gasteiger partial charge in [0.25, 0.3) is 5.91 Å². The molecule has 0 radical (unpaired) electrons. The molecule has 0 aliphatic carbocycles. The van der Waals surface area contributed by atoms with E-state index < -0.39 is 5.82 Å². The number of thiazole rings is 1. The van der Waals surface area contributed by atoms with Crippen molar-refractivity contribution in [3.8, 4) is 5.88 Å². The van der Waals surface area contributed by atoms with Crippen LogP contribution in [0.25, 0.3) is 0 Å². The standard InChI is InChI=1S/C21H21FN2O3S/c1-12(2)14-4-6-15(7-5-14)19(25)23-11-16-9-13(3-8-17(16)22)10-18-20(26)24-21(27)28-18/h3-9,12,26H,10-11H2,1-2H3,(H,23,25)(H,24,27). The maximum atomic E-state index is 14.1. The Morgan fingerprint density at radius 2 is 1.93 bits per heavy atom.